The predicted octanol–water partition coefficient (Wildman–Crippen LogP) is 0.796. The van der Waals surface area contributed by atoms with E-state index in [1.807, 2.05) is 6.07 Å². The molecule has 3 N–H and O–H groups in total. The van der Waals surface area contributed by atoms with Gasteiger partial charge in [-0.1, -0.05) is 0 Å². The predicted molar refractivity (Wildman–Crippen MR) is 69.0 cm³/mol. The van der Waals surface area contributed by atoms with Crippen molar-refractivity contribution in [2.24, 2.45) is 0 Å². The van der Waals surface area contributed by atoms with Crippen molar-refractivity contribution >= 4 is 11.5 Å². The lowest BCUT2D eigenvalue weighted by Crippen LogP contribution is -2.42. The second-order valence-corrected chi connectivity index (χ2v) is 4.43. The Labute approximate surface area is 102 Å². The van der Waals surface area contributed by atoms with Gasteiger partial charge in [0.05, 0.1) is 13.2 Å². The number of anilines is 2. The fraction of sp³-hybridized carbons (Fsp3) is 0.583. The Bertz CT molecular complexity index is 352. The monoisotopic (exact) mass is 236 g/mol. The van der Waals surface area contributed by atoms with Crippen molar-refractivity contribution in [3.8, 4) is 0 Å². The molecule has 94 valence electrons. The lowest BCUT2D eigenvalue weighted by atomic mass is 10.2. The molecule has 1 saturated heterocycles. The molecule has 1 fully saturated rings. The molecule has 1 aromatic rings. The first-order valence-corrected chi connectivity index (χ1v) is 6.02. The van der Waals surface area contributed by atoms with Gasteiger partial charge in [-0.3, -0.25) is 4.90 Å². The minimum atomic E-state index is 0.349. The smallest absolute Gasteiger partial charge is 0.128 e. The van der Waals surface area contributed by atoms with E-state index in [1.165, 1.54) is 0 Å². The summed E-state index contributed by atoms with van der Waals surface area (Å²) in [5.74, 6) is 0.839. The highest BCUT2D eigenvalue weighted by Gasteiger charge is 2.13. The number of nitrogens with one attached hydrogen (secondary N) is 1. The fourth-order valence-corrected chi connectivity index (χ4v) is 1.99. The molecule has 1 aromatic heterocycles. The summed E-state index contributed by atoms with van der Waals surface area (Å²) in [6.45, 7) is 6.85. The highest BCUT2D eigenvalue weighted by molar-refractivity contribution is 5.48. The molecule has 1 aliphatic rings. The number of nitrogens with zero attached hydrogens (tertiary/aromatic N) is 2. The zero-order valence-electron chi connectivity index (χ0n) is 10.2. The van der Waals surface area contributed by atoms with Crippen molar-refractivity contribution in [2.45, 2.75) is 13.0 Å². The molecule has 1 unspecified atom stereocenters. The summed E-state index contributed by atoms with van der Waals surface area (Å²) in [6.07, 6.45) is 1.72. The zero-order valence-corrected chi connectivity index (χ0v) is 10.2. The van der Waals surface area contributed by atoms with E-state index in [4.69, 9.17) is 10.5 Å². The third-order valence-corrected chi connectivity index (χ3v) is 2.81. The number of hydrogen-bond donors (Lipinski definition) is 2. The van der Waals surface area contributed by atoms with Gasteiger partial charge in [0.15, 0.2) is 0 Å². The molecule has 1 aliphatic heterocycles. The van der Waals surface area contributed by atoms with Crippen molar-refractivity contribution in [3.63, 3.8) is 0 Å². The second-order valence-electron chi connectivity index (χ2n) is 4.43. The number of nitrogens with two attached hydrogens (primary N) is 1. The molecule has 5 heteroatoms. The minimum Gasteiger partial charge on any atom is -0.399 e. The first-order valence-electron chi connectivity index (χ1n) is 6.02. The summed E-state index contributed by atoms with van der Waals surface area (Å²) in [5, 5.41) is 3.36. The van der Waals surface area contributed by atoms with E-state index < -0.39 is 0 Å². The van der Waals surface area contributed by atoms with Crippen LogP contribution >= 0.6 is 0 Å². The van der Waals surface area contributed by atoms with Gasteiger partial charge in [0, 0.05) is 43.6 Å². The SMILES string of the molecule is CC(CN1CCOCC1)Nc1cc(N)ccn1. The molecule has 0 radical (unpaired) electrons. The van der Waals surface area contributed by atoms with E-state index in [1.54, 1.807) is 12.3 Å². The van der Waals surface area contributed by atoms with Crippen LogP contribution in [0.5, 0.6) is 0 Å². The zero-order chi connectivity index (χ0) is 12.1. The van der Waals surface area contributed by atoms with Gasteiger partial charge in [-0.05, 0) is 13.0 Å². The molecule has 1 atom stereocenters. The Morgan fingerprint density at radius 1 is 1.53 bits per heavy atom. The van der Waals surface area contributed by atoms with E-state index in [0.717, 1.165) is 44.4 Å². The normalized spacial score (nSPS) is 18.9. The maximum Gasteiger partial charge on any atom is 0.128 e. The van der Waals surface area contributed by atoms with Gasteiger partial charge in [0.2, 0.25) is 0 Å². The molecule has 5 nitrogen and oxygen atoms in total. The molecule has 0 aliphatic carbocycles. The van der Waals surface area contributed by atoms with Gasteiger partial charge in [0.1, 0.15) is 5.82 Å². The van der Waals surface area contributed by atoms with Crippen LogP contribution in [0.15, 0.2) is 18.3 Å². The Morgan fingerprint density at radius 2 is 2.29 bits per heavy atom. The molecule has 2 heterocycles. The average Bonchev–Trinajstić information content (AvgIpc) is 2.30. The number of aromatic nitrogens is 1. The molecule has 0 bridgehead atoms. The highest BCUT2D eigenvalue weighted by Crippen LogP contribution is 2.10. The van der Waals surface area contributed by atoms with Gasteiger partial charge < -0.3 is 15.8 Å². The largest absolute Gasteiger partial charge is 0.399 e. The Balaban J connectivity index is 1.82. The molecule has 0 spiro atoms. The van der Waals surface area contributed by atoms with E-state index in [0.29, 0.717) is 6.04 Å². The number of morpholine rings is 1. The van der Waals surface area contributed by atoms with Crippen LogP contribution in [0.1, 0.15) is 6.92 Å². The Morgan fingerprint density at radius 3 is 3.00 bits per heavy atom. The van der Waals surface area contributed by atoms with Gasteiger partial charge in [-0.15, -0.1) is 0 Å². The topological polar surface area (TPSA) is 63.4 Å². The summed E-state index contributed by atoms with van der Waals surface area (Å²) >= 11 is 0. The third-order valence-electron chi connectivity index (χ3n) is 2.81. The standard InChI is InChI=1S/C12H20N4O/c1-10(9-16-4-6-17-7-5-16)15-12-8-11(13)2-3-14-12/h2-3,8,10H,4-7,9H2,1H3,(H3,13,14,15). The lowest BCUT2D eigenvalue weighted by Gasteiger charge is -2.29. The summed E-state index contributed by atoms with van der Waals surface area (Å²) in [7, 11) is 0. The number of ether oxygens (including phenoxy) is 1. The molecular weight excluding hydrogens is 216 g/mol. The Kier molecular flexibility index (Phi) is 4.17. The van der Waals surface area contributed by atoms with Crippen LogP contribution in [-0.4, -0.2) is 48.8 Å². The van der Waals surface area contributed by atoms with Crippen LogP contribution in [0, 0.1) is 0 Å². The van der Waals surface area contributed by atoms with Gasteiger partial charge in [-0.2, -0.15) is 0 Å². The second kappa shape index (κ2) is 5.84. The van der Waals surface area contributed by atoms with Crippen LogP contribution in [0.25, 0.3) is 0 Å². The lowest BCUT2D eigenvalue weighted by molar-refractivity contribution is 0.0368. The van der Waals surface area contributed by atoms with Gasteiger partial charge >= 0.3 is 0 Å². The summed E-state index contributed by atoms with van der Waals surface area (Å²) in [6, 6.07) is 4.00. The summed E-state index contributed by atoms with van der Waals surface area (Å²) < 4.78 is 5.32. The van der Waals surface area contributed by atoms with Crippen molar-refractivity contribution in [3.05, 3.63) is 18.3 Å². The van der Waals surface area contributed by atoms with Crippen LogP contribution in [0.4, 0.5) is 11.5 Å². The molecule has 0 saturated carbocycles. The van der Waals surface area contributed by atoms with E-state index >= 15 is 0 Å². The van der Waals surface area contributed by atoms with Crippen LogP contribution in [-0.2, 0) is 4.74 Å². The van der Waals surface area contributed by atoms with Crippen LogP contribution in [0.3, 0.4) is 0 Å². The quantitative estimate of drug-likeness (QED) is 0.809. The minimum absolute atomic E-state index is 0.349. The summed E-state index contributed by atoms with van der Waals surface area (Å²) in [4.78, 5) is 6.63. The number of pyridine rings is 1. The van der Waals surface area contributed by atoms with Crippen molar-refractivity contribution in [2.75, 3.05) is 43.9 Å². The molecular formula is C12H20N4O. The molecule has 0 aromatic carbocycles. The highest BCUT2D eigenvalue weighted by atomic mass is 16.5. The van der Waals surface area contributed by atoms with Gasteiger partial charge in [0.25, 0.3) is 0 Å². The van der Waals surface area contributed by atoms with Crippen molar-refractivity contribution in [1.82, 2.24) is 9.88 Å². The van der Waals surface area contributed by atoms with Gasteiger partial charge in [-0.25, -0.2) is 4.98 Å². The number of hydrogen-bond acceptors (Lipinski definition) is 5. The third kappa shape index (κ3) is 3.87. The fourth-order valence-electron chi connectivity index (χ4n) is 1.99. The summed E-state index contributed by atoms with van der Waals surface area (Å²) in [5.41, 5.74) is 6.45. The number of rotatable bonds is 4. The van der Waals surface area contributed by atoms with Crippen molar-refractivity contribution < 1.29 is 4.74 Å². The van der Waals surface area contributed by atoms with E-state index in [9.17, 15) is 0 Å². The van der Waals surface area contributed by atoms with Crippen LogP contribution in [0.2, 0.25) is 0 Å². The molecule has 2 rings (SSSR count). The number of nitrogen functional groups attached to an aromatic ring is 1. The molecule has 0 amide bonds. The van der Waals surface area contributed by atoms with Crippen molar-refractivity contribution in [1.29, 1.82) is 0 Å². The van der Waals surface area contributed by atoms with E-state index in [2.05, 4.69) is 22.1 Å². The van der Waals surface area contributed by atoms with E-state index in [-0.39, 0.29) is 0 Å². The maximum atomic E-state index is 5.71. The average molecular weight is 236 g/mol. The first kappa shape index (κ1) is 12.1. The first-order chi connectivity index (χ1) is 8.24. The maximum absolute atomic E-state index is 5.71. The Hall–Kier alpha value is -1.33. The van der Waals surface area contributed by atoms with Crippen LogP contribution < -0.4 is 11.1 Å². The molecule has 17 heavy (non-hydrogen) atoms.